The monoisotopic (exact) mass is 1740 g/mol. The van der Waals surface area contributed by atoms with E-state index < -0.39 is 0 Å². The third-order valence-corrected chi connectivity index (χ3v) is 22.3. The van der Waals surface area contributed by atoms with Crippen molar-refractivity contribution in [2.24, 2.45) is 35.0 Å². The molecule has 3 heterocycles. The van der Waals surface area contributed by atoms with Crippen molar-refractivity contribution in [3.8, 4) is 17.1 Å². The van der Waals surface area contributed by atoms with Gasteiger partial charge in [-0.2, -0.15) is 15.3 Å². The Morgan fingerprint density at radius 3 is 1.06 bits per heavy atom. The van der Waals surface area contributed by atoms with Crippen molar-refractivity contribution in [2.45, 2.75) is 158 Å². The van der Waals surface area contributed by atoms with Gasteiger partial charge in [-0.25, -0.2) is 18.9 Å². The Hall–Kier alpha value is -9.81. The fraction of sp³-hybridized carbons (Fsp3) is 0.337. The molecule has 0 saturated heterocycles. The van der Waals surface area contributed by atoms with Gasteiger partial charge in [0.05, 0.1) is 58.8 Å². The number of nitrogens with zero attached hydrogens (tertiary/aromatic N) is 7. The van der Waals surface area contributed by atoms with Crippen molar-refractivity contribution in [1.82, 2.24) is 50.6 Å². The van der Waals surface area contributed by atoms with E-state index in [1.165, 1.54) is 111 Å². The minimum atomic E-state index is 0. The number of ketones is 3. The maximum absolute atomic E-state index is 13.6. The Bertz CT molecular complexity index is 5300. The van der Waals surface area contributed by atoms with E-state index in [0.29, 0.717) is 67.9 Å². The predicted molar refractivity (Wildman–Crippen MR) is 497 cm³/mol. The molecule has 0 radical (unpaired) electrons. The van der Waals surface area contributed by atoms with Crippen LogP contribution in [0.4, 0.5) is 5.69 Å². The standard InChI is InChI=1S/C33H37N3O.C32H32N4O.C32H36N4O.C4H13N3.3ClH.Ni/c1-5-25-8-7-11-29(19-25)36-31(17-24(4)35-36)32(37)20-27-9-6-10-28(18-27)33(34-21-26-14-15-26)30-16-22(2)12-13-23(30)3;1-21-11-12-22(2)29(15-21)32(34-20-24-13-14-24)26-8-5-7-25(17-26)18-31(37)30-16-23(3)35-36(30)28-10-6-9-27(19-28)33-4;1-21-10-11-22(2)29(14-21)32(34-20-24-12-13-24)27-8-4-6-25(16-27)18-31(37)30-15-23(3)35-36(30)28-9-5-7-26(17-28)19-33;5-1-3-7-4-2-6;;;;/h6-13,16-19,26,33-34H,5,14-15,20-21H2,1-4H3;5-12,15-17,19,24,32,34H,13-14,18,20H2,1-3H3;4-11,14-17,24,32,34H,12-13,18-20,33H2,1-3H3;7H,1-6H2;3*1H;/q;;;;;;;+2/p-2. The summed E-state index contributed by atoms with van der Waals surface area (Å²) >= 11 is 0.569. The number of benzene rings is 9. The summed E-state index contributed by atoms with van der Waals surface area (Å²) in [5, 5.41) is 28.3. The average Bonchev–Trinajstić information content (AvgIpc) is 1.81. The SMILES string of the molecule is CCc1cccc(-n2nc(C)cc2C(=O)Cc2cccc(C(NCC3CC3)c3cc(C)ccc3C)c2)c1.Cc1ccc(C)c(C(NCC2CC2)c2cccc(CC(=O)c3cc(C)nn3-c3cccc(CN)c3)c2)c1.Cl.NCCNCCN.[C-]#[N+]c1cccc(-n2nc(C)cc2C(=O)Cc2cccc(C(NCC3CC3)c3cc(C)ccc3C)c2)c1.[Cl][Ni][Cl]. The Labute approximate surface area is 742 Å². The summed E-state index contributed by atoms with van der Waals surface area (Å²) in [4.78, 5) is 44.1. The normalized spacial score (nSPS) is 13.4. The van der Waals surface area contributed by atoms with E-state index in [-0.39, 0.29) is 54.3 Å². The van der Waals surface area contributed by atoms with E-state index in [1.54, 1.807) is 26.2 Å². The van der Waals surface area contributed by atoms with Crippen LogP contribution < -0.4 is 38.5 Å². The summed E-state index contributed by atoms with van der Waals surface area (Å²) < 4.78 is 5.21. The molecule has 21 heteroatoms. The number of halogens is 3. The van der Waals surface area contributed by atoms with E-state index in [0.717, 1.165) is 113 Å². The molecule has 642 valence electrons. The van der Waals surface area contributed by atoms with Crippen LogP contribution in [0.2, 0.25) is 0 Å². The molecule has 9 aromatic carbocycles. The first-order chi connectivity index (χ1) is 58.5. The van der Waals surface area contributed by atoms with Gasteiger partial charge < -0.3 is 38.5 Å². The number of aromatic nitrogens is 6. The van der Waals surface area contributed by atoms with Crippen molar-refractivity contribution >= 4 is 55.8 Å². The van der Waals surface area contributed by atoms with Crippen LogP contribution >= 0.6 is 32.8 Å². The van der Waals surface area contributed by atoms with Crippen molar-refractivity contribution in [3.05, 3.63) is 359 Å². The number of Topliss-reactive ketones (excluding diaryl/α,β-unsaturated/α-hetero) is 3. The molecule has 0 amide bonds. The molecule has 3 saturated carbocycles. The van der Waals surface area contributed by atoms with Gasteiger partial charge in [-0.15, -0.1) is 12.4 Å². The average molecular weight is 1740 g/mol. The van der Waals surface area contributed by atoms with Crippen LogP contribution in [0, 0.1) is 86.6 Å². The maximum atomic E-state index is 13.6. The molecule has 3 aliphatic carbocycles. The minimum absolute atomic E-state index is 0. The van der Waals surface area contributed by atoms with E-state index in [9.17, 15) is 14.4 Å². The Morgan fingerprint density at radius 1 is 0.426 bits per heavy atom. The van der Waals surface area contributed by atoms with Crippen molar-refractivity contribution < 1.29 is 27.0 Å². The second-order valence-corrected chi connectivity index (χ2v) is 34.3. The van der Waals surface area contributed by atoms with Gasteiger partial charge in [-0.1, -0.05) is 187 Å². The van der Waals surface area contributed by atoms with Crippen molar-refractivity contribution in [3.63, 3.8) is 0 Å². The summed E-state index contributed by atoms with van der Waals surface area (Å²) in [6, 6.07) is 74.6. The molecular formula is C101H119Cl3N14NiO3. The molecule has 3 unspecified atom stereocenters. The zero-order valence-corrected chi connectivity index (χ0v) is 75.4. The first kappa shape index (κ1) is 94.4. The second-order valence-electron chi connectivity index (χ2n) is 32.6. The van der Waals surface area contributed by atoms with Crippen LogP contribution in [0.25, 0.3) is 21.9 Å². The fourth-order valence-electron chi connectivity index (χ4n) is 15.2. The van der Waals surface area contributed by atoms with Gasteiger partial charge in [0.15, 0.2) is 23.0 Å². The predicted octanol–water partition coefficient (Wildman–Crippen LogP) is 19.8. The molecule has 15 rings (SSSR count). The number of carbonyl (C=O) groups is 3. The molecule has 3 fully saturated rings. The van der Waals surface area contributed by atoms with Crippen molar-refractivity contribution in [2.75, 3.05) is 45.8 Å². The summed E-state index contributed by atoms with van der Waals surface area (Å²) in [5.74, 6) is 2.45. The Balaban J connectivity index is 0.000000181. The fourth-order valence-corrected chi connectivity index (χ4v) is 15.2. The van der Waals surface area contributed by atoms with Crippen LogP contribution in [-0.2, 0) is 44.9 Å². The summed E-state index contributed by atoms with van der Waals surface area (Å²) in [6.07, 6.45) is 9.73. The second kappa shape index (κ2) is 46.6. The zero-order valence-electron chi connectivity index (χ0n) is 72.0. The summed E-state index contributed by atoms with van der Waals surface area (Å²) in [7, 11) is 9.40. The van der Waals surface area contributed by atoms with Gasteiger partial charge in [-0.05, 0) is 277 Å². The number of hydrogen-bond donors (Lipinski definition) is 7. The molecular weight excluding hydrogens is 1620 g/mol. The van der Waals surface area contributed by atoms with Crippen LogP contribution in [0.3, 0.4) is 0 Å². The van der Waals surface area contributed by atoms with Gasteiger partial charge in [0.25, 0.3) is 0 Å². The summed E-state index contributed by atoms with van der Waals surface area (Å²) in [6.45, 7) is 34.8. The third-order valence-electron chi connectivity index (χ3n) is 22.3. The number of carbonyl (C=O) groups excluding carboxylic acids is 3. The van der Waals surface area contributed by atoms with Gasteiger partial charge in [-0.3, -0.25) is 14.4 Å². The molecule has 3 atom stereocenters. The molecule has 0 bridgehead atoms. The molecule has 0 aliphatic heterocycles. The zero-order chi connectivity index (χ0) is 86.1. The summed E-state index contributed by atoms with van der Waals surface area (Å²) in [5.41, 5.74) is 43.7. The molecule has 12 aromatic rings. The van der Waals surface area contributed by atoms with Crippen molar-refractivity contribution in [1.29, 1.82) is 0 Å². The molecule has 10 N–H and O–H groups in total. The number of nitrogens with two attached hydrogens (primary N) is 3. The topological polar surface area (TPSA) is 235 Å². The number of aryl methyl sites for hydroxylation is 10. The molecule has 122 heavy (non-hydrogen) atoms. The number of rotatable bonds is 33. The Morgan fingerprint density at radius 2 is 0.738 bits per heavy atom. The first-order valence-corrected chi connectivity index (χ1v) is 45.1. The third kappa shape index (κ3) is 27.3. The van der Waals surface area contributed by atoms with E-state index in [1.807, 2.05) is 99.6 Å². The van der Waals surface area contributed by atoms with Crippen LogP contribution in [0.1, 0.15) is 207 Å². The van der Waals surface area contributed by atoms with E-state index >= 15 is 0 Å². The van der Waals surface area contributed by atoms with Crippen LogP contribution in [0.5, 0.6) is 0 Å². The first-order valence-electron chi connectivity index (χ1n) is 42.3. The van der Waals surface area contributed by atoms with Gasteiger partial charge >= 0.3 is 33.0 Å². The number of hydrogen-bond acceptors (Lipinski definition) is 13. The molecule has 0 spiro atoms. The van der Waals surface area contributed by atoms with Gasteiger partial charge in [0.1, 0.15) is 17.1 Å². The quantitative estimate of drug-likeness (QED) is 0.00879. The molecule has 3 aromatic heterocycles. The van der Waals surface area contributed by atoms with Gasteiger partial charge in [0.2, 0.25) is 0 Å². The van der Waals surface area contributed by atoms with Gasteiger partial charge in [0, 0.05) is 52.0 Å². The molecule has 17 nitrogen and oxygen atoms in total. The number of nitrogens with one attached hydrogen (secondary N) is 4. The van der Waals surface area contributed by atoms with E-state index in [2.05, 4.69) is 217 Å². The van der Waals surface area contributed by atoms with Crippen LogP contribution in [0.15, 0.2) is 218 Å². The Kier molecular flexibility index (Phi) is 36.1. The van der Waals surface area contributed by atoms with Crippen LogP contribution in [-0.4, -0.2) is 92.5 Å². The molecule has 3 aliphatic rings. The van der Waals surface area contributed by atoms with E-state index in [4.69, 9.17) is 44.2 Å².